The minimum atomic E-state index is 0. The molecule has 19 heavy (non-hydrogen) atoms. The van der Waals surface area contributed by atoms with Crippen LogP contribution in [0.15, 0.2) is 0 Å². The number of carbonyl (C=O) groups is 1. The normalized spacial score (nSPS) is 14.5. The molecule has 4 heteroatoms. The van der Waals surface area contributed by atoms with Crippen LogP contribution >= 0.6 is 23.7 Å². The van der Waals surface area contributed by atoms with Crippen molar-refractivity contribution in [3.63, 3.8) is 0 Å². The number of rotatable bonds is 2. The summed E-state index contributed by atoms with van der Waals surface area (Å²) in [5, 5.41) is 1.26. The molecule has 1 aliphatic carbocycles. The highest BCUT2D eigenvalue weighted by Crippen LogP contribution is 2.47. The van der Waals surface area contributed by atoms with Gasteiger partial charge in [0.1, 0.15) is 4.83 Å². The Morgan fingerprint density at radius 3 is 2.42 bits per heavy atom. The zero-order chi connectivity index (χ0) is 13.0. The number of halogens is 1. The molecule has 0 radical (unpaired) electrons. The lowest BCUT2D eigenvalue weighted by atomic mass is 9.95. The van der Waals surface area contributed by atoms with Crippen LogP contribution in [0.3, 0.4) is 0 Å². The van der Waals surface area contributed by atoms with Crippen LogP contribution < -0.4 is 0 Å². The molecule has 0 aromatic carbocycles. The zero-order valence-electron chi connectivity index (χ0n) is 11.7. The minimum Gasteiger partial charge on any atom is -0.294 e. The van der Waals surface area contributed by atoms with Gasteiger partial charge in [-0.1, -0.05) is 0 Å². The van der Waals surface area contributed by atoms with Gasteiger partial charge in [-0.2, -0.15) is 0 Å². The van der Waals surface area contributed by atoms with Crippen molar-refractivity contribution in [3.8, 4) is 0 Å². The fraction of sp³-hybridized carbons (Fsp3) is 0.467. The first kappa shape index (κ1) is 14.5. The summed E-state index contributed by atoms with van der Waals surface area (Å²) in [4.78, 5) is 19.0. The number of Topliss-reactive ketones (excluding diaryl/α,β-unsaturated/α-hetero) is 1. The maximum atomic E-state index is 11.9. The monoisotopic (exact) mass is 295 g/mol. The summed E-state index contributed by atoms with van der Waals surface area (Å²) in [6, 6.07) is 0. The highest BCUT2D eigenvalue weighted by molar-refractivity contribution is 7.18. The van der Waals surface area contributed by atoms with Gasteiger partial charge in [0.25, 0.3) is 0 Å². The summed E-state index contributed by atoms with van der Waals surface area (Å²) in [5.41, 5.74) is 4.38. The van der Waals surface area contributed by atoms with E-state index < -0.39 is 0 Å². The van der Waals surface area contributed by atoms with Gasteiger partial charge in [-0.05, 0) is 57.6 Å². The van der Waals surface area contributed by atoms with Gasteiger partial charge in [-0.3, -0.25) is 4.79 Å². The number of pyridine rings is 1. The van der Waals surface area contributed by atoms with Gasteiger partial charge in [0, 0.05) is 15.8 Å². The van der Waals surface area contributed by atoms with Gasteiger partial charge in [-0.15, -0.1) is 23.7 Å². The maximum Gasteiger partial charge on any atom is 0.161 e. The van der Waals surface area contributed by atoms with Crippen molar-refractivity contribution >= 4 is 39.7 Å². The SMILES string of the molecule is CC(=O)c1c(C)nc2sc(C)c(C)c2c1C1CC1.Cl. The van der Waals surface area contributed by atoms with Gasteiger partial charge < -0.3 is 0 Å². The molecule has 0 spiro atoms. The Morgan fingerprint density at radius 1 is 1.26 bits per heavy atom. The summed E-state index contributed by atoms with van der Waals surface area (Å²) in [6.07, 6.45) is 2.43. The second-order valence-corrected chi connectivity index (χ2v) is 6.48. The van der Waals surface area contributed by atoms with Crippen LogP contribution in [0.1, 0.15) is 57.7 Å². The zero-order valence-corrected chi connectivity index (χ0v) is 13.3. The number of thiophene rings is 1. The van der Waals surface area contributed by atoms with Crippen LogP contribution in [0.4, 0.5) is 0 Å². The average Bonchev–Trinajstić information content (AvgIpc) is 3.06. The topological polar surface area (TPSA) is 30.0 Å². The number of fused-ring (bicyclic) bond motifs is 1. The summed E-state index contributed by atoms with van der Waals surface area (Å²) < 4.78 is 0. The van der Waals surface area contributed by atoms with E-state index in [1.54, 1.807) is 18.3 Å². The van der Waals surface area contributed by atoms with Crippen molar-refractivity contribution in [2.45, 2.75) is 46.5 Å². The third kappa shape index (κ3) is 2.19. The number of nitrogens with zero attached hydrogens (tertiary/aromatic N) is 1. The van der Waals surface area contributed by atoms with E-state index >= 15 is 0 Å². The van der Waals surface area contributed by atoms with Crippen LogP contribution in [0.2, 0.25) is 0 Å². The molecule has 0 unspecified atom stereocenters. The molecule has 102 valence electrons. The number of hydrogen-bond acceptors (Lipinski definition) is 3. The van der Waals surface area contributed by atoms with E-state index in [9.17, 15) is 4.79 Å². The lowest BCUT2D eigenvalue weighted by molar-refractivity contribution is 0.101. The molecular formula is C15H18ClNOS. The molecule has 0 N–H and O–H groups in total. The van der Waals surface area contributed by atoms with Crippen molar-refractivity contribution in [2.24, 2.45) is 0 Å². The summed E-state index contributed by atoms with van der Waals surface area (Å²) >= 11 is 1.75. The molecule has 0 amide bonds. The lowest BCUT2D eigenvalue weighted by Gasteiger charge is -2.11. The van der Waals surface area contributed by atoms with Crippen LogP contribution in [0.25, 0.3) is 10.2 Å². The number of hydrogen-bond donors (Lipinski definition) is 0. The second-order valence-electron chi connectivity index (χ2n) is 5.28. The maximum absolute atomic E-state index is 11.9. The fourth-order valence-corrected chi connectivity index (χ4v) is 3.85. The molecule has 0 saturated heterocycles. The number of aromatic nitrogens is 1. The van der Waals surface area contributed by atoms with Crippen LogP contribution in [-0.4, -0.2) is 10.8 Å². The van der Waals surface area contributed by atoms with E-state index in [0.717, 1.165) is 16.1 Å². The highest BCUT2D eigenvalue weighted by atomic mass is 35.5. The quantitative estimate of drug-likeness (QED) is 0.750. The Bertz CT molecular complexity index is 671. The average molecular weight is 296 g/mol. The number of ketones is 1. The van der Waals surface area contributed by atoms with Crippen molar-refractivity contribution in [3.05, 3.63) is 27.3 Å². The smallest absolute Gasteiger partial charge is 0.161 e. The Morgan fingerprint density at radius 2 is 1.89 bits per heavy atom. The molecule has 1 saturated carbocycles. The lowest BCUT2D eigenvalue weighted by Crippen LogP contribution is -2.05. The second kappa shape index (κ2) is 4.88. The molecule has 0 atom stereocenters. The molecule has 1 fully saturated rings. The van der Waals surface area contributed by atoms with Crippen molar-refractivity contribution in [1.82, 2.24) is 4.98 Å². The van der Waals surface area contributed by atoms with Crippen molar-refractivity contribution < 1.29 is 4.79 Å². The molecule has 1 aliphatic rings. The van der Waals surface area contributed by atoms with E-state index in [2.05, 4.69) is 18.8 Å². The highest BCUT2D eigenvalue weighted by Gasteiger charge is 2.32. The molecular weight excluding hydrogens is 278 g/mol. The minimum absolute atomic E-state index is 0. The van der Waals surface area contributed by atoms with E-state index in [0.29, 0.717) is 5.92 Å². The summed E-state index contributed by atoms with van der Waals surface area (Å²) in [7, 11) is 0. The molecule has 3 rings (SSSR count). The molecule has 0 bridgehead atoms. The Hall–Kier alpha value is -0.930. The van der Waals surface area contributed by atoms with E-state index in [1.165, 1.54) is 34.2 Å². The first-order valence-electron chi connectivity index (χ1n) is 6.41. The van der Waals surface area contributed by atoms with Crippen LogP contribution in [0.5, 0.6) is 0 Å². The van der Waals surface area contributed by atoms with E-state index in [-0.39, 0.29) is 18.2 Å². The van der Waals surface area contributed by atoms with E-state index in [1.807, 2.05) is 6.92 Å². The molecule has 2 aromatic heterocycles. The number of aryl methyl sites for hydroxylation is 3. The predicted octanol–water partition coefficient (Wildman–Crippen LogP) is 4.72. The molecule has 2 heterocycles. The van der Waals surface area contributed by atoms with Crippen LogP contribution in [0, 0.1) is 20.8 Å². The van der Waals surface area contributed by atoms with Gasteiger partial charge in [0.15, 0.2) is 5.78 Å². The summed E-state index contributed by atoms with van der Waals surface area (Å²) in [6.45, 7) is 7.92. The predicted molar refractivity (Wildman–Crippen MR) is 83.1 cm³/mol. The standard InChI is InChI=1S/C15H17NOS.ClH/c1-7-10(4)18-15-12(7)14(11-5-6-11)13(9(3)17)8(2)16-15;/h11H,5-6H2,1-4H3;1H. The van der Waals surface area contributed by atoms with Gasteiger partial charge in [0.05, 0.1) is 5.69 Å². The Kier molecular flexibility index (Phi) is 3.72. The molecule has 2 nitrogen and oxygen atoms in total. The van der Waals surface area contributed by atoms with Gasteiger partial charge in [-0.25, -0.2) is 4.98 Å². The molecule has 2 aromatic rings. The molecule has 0 aliphatic heterocycles. The first-order valence-corrected chi connectivity index (χ1v) is 7.23. The van der Waals surface area contributed by atoms with Crippen molar-refractivity contribution in [2.75, 3.05) is 0 Å². The third-order valence-electron chi connectivity index (χ3n) is 3.87. The van der Waals surface area contributed by atoms with Crippen LogP contribution in [-0.2, 0) is 0 Å². The van der Waals surface area contributed by atoms with E-state index in [4.69, 9.17) is 0 Å². The van der Waals surface area contributed by atoms with Gasteiger partial charge >= 0.3 is 0 Å². The van der Waals surface area contributed by atoms with Gasteiger partial charge in [0.2, 0.25) is 0 Å². The Labute approximate surface area is 123 Å². The number of carbonyl (C=O) groups excluding carboxylic acids is 1. The largest absolute Gasteiger partial charge is 0.294 e. The third-order valence-corrected chi connectivity index (χ3v) is 4.98. The first-order chi connectivity index (χ1) is 8.50. The fourth-order valence-electron chi connectivity index (χ4n) is 2.76. The summed E-state index contributed by atoms with van der Waals surface area (Å²) in [5.74, 6) is 0.743. The Balaban J connectivity index is 0.00000133. The van der Waals surface area contributed by atoms with Crippen molar-refractivity contribution in [1.29, 1.82) is 0 Å².